The summed E-state index contributed by atoms with van der Waals surface area (Å²) in [6.45, 7) is 8.10. The molecule has 0 aliphatic carbocycles. The van der Waals surface area contributed by atoms with E-state index in [2.05, 4.69) is 26.1 Å². The van der Waals surface area contributed by atoms with Crippen LogP contribution in [0.3, 0.4) is 0 Å². The van der Waals surface area contributed by atoms with E-state index < -0.39 is 0 Å². The fourth-order valence-electron chi connectivity index (χ4n) is 1.41. The predicted molar refractivity (Wildman–Crippen MR) is 62.0 cm³/mol. The summed E-state index contributed by atoms with van der Waals surface area (Å²) in [6, 6.07) is 0. The molecular weight excluding hydrogens is 259 g/mol. The summed E-state index contributed by atoms with van der Waals surface area (Å²) in [5, 5.41) is 6.81. The van der Waals surface area contributed by atoms with Gasteiger partial charge in [0, 0.05) is 0 Å². The van der Waals surface area contributed by atoms with Crippen LogP contribution in [0.5, 0.6) is 0 Å². The van der Waals surface area contributed by atoms with Crippen LogP contribution >= 0.6 is 15.9 Å². The van der Waals surface area contributed by atoms with Gasteiger partial charge >= 0.3 is 7.12 Å². The van der Waals surface area contributed by atoms with Gasteiger partial charge in [0.2, 0.25) is 0 Å². The molecule has 1 aliphatic heterocycles. The smallest absolute Gasteiger partial charge is 0.398 e. The number of nitrogens with one attached hydrogen (secondary N) is 1. The maximum atomic E-state index is 5.87. The zero-order valence-electron chi connectivity index (χ0n) is 9.30. The number of aromatic amines is 1. The van der Waals surface area contributed by atoms with Crippen molar-refractivity contribution in [2.24, 2.45) is 0 Å². The van der Waals surface area contributed by atoms with E-state index in [-0.39, 0.29) is 18.3 Å². The van der Waals surface area contributed by atoms with Gasteiger partial charge in [0.05, 0.1) is 27.5 Å². The molecule has 0 saturated carbocycles. The molecule has 0 spiro atoms. The lowest BCUT2D eigenvalue weighted by molar-refractivity contribution is 0.00578. The van der Waals surface area contributed by atoms with E-state index in [1.165, 1.54) is 0 Å². The van der Waals surface area contributed by atoms with E-state index in [1.54, 1.807) is 6.20 Å². The Bertz CT molecular complexity index is 362. The summed E-state index contributed by atoms with van der Waals surface area (Å²) < 4.78 is 12.6. The molecule has 1 aliphatic rings. The number of nitrogens with zero attached hydrogens (tertiary/aromatic N) is 1. The van der Waals surface area contributed by atoms with Crippen LogP contribution < -0.4 is 5.59 Å². The summed E-state index contributed by atoms with van der Waals surface area (Å²) in [5.74, 6) is 0. The maximum Gasteiger partial charge on any atom is 0.515 e. The molecule has 1 saturated heterocycles. The van der Waals surface area contributed by atoms with Gasteiger partial charge in [-0.05, 0) is 43.6 Å². The van der Waals surface area contributed by atoms with Crippen LogP contribution in [0.2, 0.25) is 0 Å². The number of hydrogen-bond acceptors (Lipinski definition) is 3. The molecule has 1 fully saturated rings. The van der Waals surface area contributed by atoms with E-state index in [9.17, 15) is 0 Å². The van der Waals surface area contributed by atoms with E-state index in [0.29, 0.717) is 0 Å². The highest BCUT2D eigenvalue weighted by molar-refractivity contribution is 9.10. The van der Waals surface area contributed by atoms with Crippen LogP contribution in [0.1, 0.15) is 27.7 Å². The Kier molecular flexibility index (Phi) is 2.48. The number of rotatable bonds is 1. The summed E-state index contributed by atoms with van der Waals surface area (Å²) in [4.78, 5) is 0. The predicted octanol–water partition coefficient (Wildman–Crippen LogP) is 1.47. The normalized spacial score (nSPS) is 23.4. The molecule has 0 atom stereocenters. The highest BCUT2D eigenvalue weighted by Gasteiger charge is 2.52. The SMILES string of the molecule is CC1(C)OB(c2[nH]ncc2Br)OC1(C)C. The minimum atomic E-state index is -0.383. The average Bonchev–Trinajstić information content (AvgIpc) is 2.55. The van der Waals surface area contributed by atoms with Crippen molar-refractivity contribution in [3.05, 3.63) is 10.7 Å². The molecule has 15 heavy (non-hydrogen) atoms. The molecule has 4 nitrogen and oxygen atoms in total. The zero-order valence-corrected chi connectivity index (χ0v) is 10.9. The van der Waals surface area contributed by atoms with Gasteiger partial charge in [-0.2, -0.15) is 5.10 Å². The van der Waals surface area contributed by atoms with Gasteiger partial charge in [-0.3, -0.25) is 5.10 Å². The molecule has 2 rings (SSSR count). The molecule has 0 unspecified atom stereocenters. The molecule has 0 radical (unpaired) electrons. The molecule has 6 heteroatoms. The minimum Gasteiger partial charge on any atom is -0.398 e. The Hall–Kier alpha value is -0.325. The lowest BCUT2D eigenvalue weighted by Crippen LogP contribution is -2.41. The third kappa shape index (κ3) is 1.75. The van der Waals surface area contributed by atoms with E-state index in [4.69, 9.17) is 9.31 Å². The summed E-state index contributed by atoms with van der Waals surface area (Å²) in [5.41, 5.74) is 0.193. The van der Waals surface area contributed by atoms with Crippen LogP contribution in [0.15, 0.2) is 10.7 Å². The number of halogens is 1. The first-order valence-corrected chi connectivity index (χ1v) is 5.67. The van der Waals surface area contributed by atoms with Gasteiger partial charge in [0.1, 0.15) is 0 Å². The quantitative estimate of drug-likeness (QED) is 0.788. The van der Waals surface area contributed by atoms with Gasteiger partial charge in [-0.1, -0.05) is 0 Å². The first kappa shape index (κ1) is 11.2. The lowest BCUT2D eigenvalue weighted by atomic mass is 9.85. The Morgan fingerprint density at radius 2 is 1.80 bits per heavy atom. The third-order valence-corrected chi connectivity index (χ3v) is 3.74. The summed E-state index contributed by atoms with van der Waals surface area (Å²) in [7, 11) is -0.383. The number of H-pyrrole nitrogens is 1. The topological polar surface area (TPSA) is 47.1 Å². The van der Waals surface area contributed by atoms with Gasteiger partial charge in [-0.15, -0.1) is 0 Å². The van der Waals surface area contributed by atoms with E-state index >= 15 is 0 Å². The molecule has 1 aromatic rings. The van der Waals surface area contributed by atoms with Crippen molar-refractivity contribution in [3.63, 3.8) is 0 Å². The van der Waals surface area contributed by atoms with Gasteiger partial charge in [0.25, 0.3) is 0 Å². The summed E-state index contributed by atoms with van der Waals surface area (Å²) >= 11 is 3.40. The fourth-order valence-corrected chi connectivity index (χ4v) is 1.79. The minimum absolute atomic E-state index is 0.317. The van der Waals surface area contributed by atoms with E-state index in [0.717, 1.165) is 10.1 Å². The van der Waals surface area contributed by atoms with Crippen molar-refractivity contribution in [2.75, 3.05) is 0 Å². The molecule has 0 aromatic carbocycles. The van der Waals surface area contributed by atoms with Crippen LogP contribution in [-0.4, -0.2) is 28.5 Å². The van der Waals surface area contributed by atoms with Crippen molar-refractivity contribution < 1.29 is 9.31 Å². The zero-order chi connectivity index (χ0) is 11.3. The molecule has 2 heterocycles. The fraction of sp³-hybridized carbons (Fsp3) is 0.667. The standard InChI is InChI=1S/C9H14BBrN2O2/c1-8(2)9(3,4)15-10(14-8)7-6(11)5-12-13-7/h5H,1-4H3,(H,12,13). The van der Waals surface area contributed by atoms with Crippen LogP contribution in [0.4, 0.5) is 0 Å². The Labute approximate surface area is 98.0 Å². The second-order valence-electron chi connectivity index (χ2n) is 4.72. The van der Waals surface area contributed by atoms with Gasteiger partial charge < -0.3 is 9.31 Å². The van der Waals surface area contributed by atoms with Crippen LogP contribution in [0.25, 0.3) is 0 Å². The van der Waals surface area contributed by atoms with Gasteiger partial charge in [-0.25, -0.2) is 0 Å². The highest BCUT2D eigenvalue weighted by Crippen LogP contribution is 2.36. The molecule has 82 valence electrons. The van der Waals surface area contributed by atoms with Crippen LogP contribution in [0, 0.1) is 0 Å². The monoisotopic (exact) mass is 272 g/mol. The molecule has 1 aromatic heterocycles. The Morgan fingerprint density at radius 3 is 2.20 bits per heavy atom. The largest absolute Gasteiger partial charge is 0.515 e. The second-order valence-corrected chi connectivity index (χ2v) is 5.57. The highest BCUT2D eigenvalue weighted by atomic mass is 79.9. The number of aromatic nitrogens is 2. The summed E-state index contributed by atoms with van der Waals surface area (Å²) in [6.07, 6.45) is 1.69. The number of hydrogen-bond donors (Lipinski definition) is 1. The lowest BCUT2D eigenvalue weighted by Gasteiger charge is -2.32. The Balaban J connectivity index is 2.27. The van der Waals surface area contributed by atoms with Crippen molar-refractivity contribution in [3.8, 4) is 0 Å². The van der Waals surface area contributed by atoms with Crippen LogP contribution in [-0.2, 0) is 9.31 Å². The van der Waals surface area contributed by atoms with Crippen molar-refractivity contribution in [1.82, 2.24) is 10.2 Å². The maximum absolute atomic E-state index is 5.87. The second kappa shape index (κ2) is 3.33. The molecule has 1 N–H and O–H groups in total. The first-order valence-electron chi connectivity index (χ1n) is 4.88. The molecular formula is C9H14BBrN2O2. The van der Waals surface area contributed by atoms with Gasteiger partial charge in [0.15, 0.2) is 0 Å². The molecule has 0 amide bonds. The van der Waals surface area contributed by atoms with Crippen molar-refractivity contribution in [1.29, 1.82) is 0 Å². The van der Waals surface area contributed by atoms with Crippen molar-refractivity contribution >= 4 is 28.6 Å². The van der Waals surface area contributed by atoms with E-state index in [1.807, 2.05) is 27.7 Å². The third-order valence-electron chi connectivity index (χ3n) is 3.11. The average molecular weight is 273 g/mol. The van der Waals surface area contributed by atoms with Crippen molar-refractivity contribution in [2.45, 2.75) is 38.9 Å². The first-order chi connectivity index (χ1) is 6.83. The Morgan fingerprint density at radius 1 is 1.27 bits per heavy atom. The molecule has 0 bridgehead atoms.